The molecule has 8 nitrogen and oxygen atoms in total. The molecule has 2 aromatic carbocycles. The molecule has 2 heterocycles. The molecule has 35 heavy (non-hydrogen) atoms. The van der Waals surface area contributed by atoms with Crippen molar-refractivity contribution in [3.8, 4) is 6.07 Å². The second-order valence-corrected chi connectivity index (χ2v) is 8.87. The van der Waals surface area contributed by atoms with Gasteiger partial charge >= 0.3 is 6.03 Å². The van der Waals surface area contributed by atoms with Crippen molar-refractivity contribution in [2.75, 3.05) is 31.6 Å². The standard InChI is InChI=1S/C25H25F2N5O3/c1-24(26,27)19-7-3-18(4-8-19)14-32-21(33)15-31(20-9-5-17(13-28)6-10-20)22(34)25(32)11-12-30(16-25)23(35)29-2/h3-10H,11-12,14-16H2,1-2H3,(H,29,35). The Labute approximate surface area is 201 Å². The normalized spacial score (nSPS) is 20.4. The number of hydrogen-bond donors (Lipinski definition) is 1. The fraction of sp³-hybridized carbons (Fsp3) is 0.360. The van der Waals surface area contributed by atoms with Crippen LogP contribution in [0.25, 0.3) is 0 Å². The summed E-state index contributed by atoms with van der Waals surface area (Å²) in [4.78, 5) is 44.0. The van der Waals surface area contributed by atoms with Gasteiger partial charge < -0.3 is 20.0 Å². The number of alkyl halides is 2. The highest BCUT2D eigenvalue weighted by Crippen LogP contribution is 2.37. The highest BCUT2D eigenvalue weighted by atomic mass is 19.3. The lowest BCUT2D eigenvalue weighted by atomic mass is 9.89. The number of urea groups is 1. The van der Waals surface area contributed by atoms with E-state index in [1.807, 2.05) is 6.07 Å². The van der Waals surface area contributed by atoms with E-state index in [0.717, 1.165) is 6.92 Å². The topological polar surface area (TPSA) is 96.7 Å². The summed E-state index contributed by atoms with van der Waals surface area (Å²) in [7, 11) is 1.49. The average molecular weight is 482 g/mol. The van der Waals surface area contributed by atoms with Gasteiger partial charge in [-0.3, -0.25) is 9.59 Å². The van der Waals surface area contributed by atoms with Crippen LogP contribution in [0.5, 0.6) is 0 Å². The molecular weight excluding hydrogens is 456 g/mol. The van der Waals surface area contributed by atoms with Crippen molar-refractivity contribution in [1.82, 2.24) is 15.1 Å². The van der Waals surface area contributed by atoms with E-state index in [0.29, 0.717) is 16.8 Å². The van der Waals surface area contributed by atoms with Crippen molar-refractivity contribution in [2.24, 2.45) is 0 Å². The van der Waals surface area contributed by atoms with Crippen molar-refractivity contribution >= 4 is 23.5 Å². The maximum Gasteiger partial charge on any atom is 0.317 e. The first-order valence-electron chi connectivity index (χ1n) is 11.2. The zero-order valence-electron chi connectivity index (χ0n) is 19.4. The largest absolute Gasteiger partial charge is 0.341 e. The van der Waals surface area contributed by atoms with Gasteiger partial charge in [-0.25, -0.2) is 13.6 Å². The number of anilines is 1. The van der Waals surface area contributed by atoms with Gasteiger partial charge in [-0.05, 0) is 36.2 Å². The molecule has 0 bridgehead atoms. The number of nitrogens with zero attached hydrogens (tertiary/aromatic N) is 4. The Morgan fingerprint density at radius 1 is 1.14 bits per heavy atom. The predicted molar refractivity (Wildman–Crippen MR) is 123 cm³/mol. The Kier molecular flexibility index (Phi) is 6.19. The highest BCUT2D eigenvalue weighted by molar-refractivity contribution is 6.09. The van der Waals surface area contributed by atoms with Crippen LogP contribution in [0.1, 0.15) is 30.0 Å². The summed E-state index contributed by atoms with van der Waals surface area (Å²) in [5.74, 6) is -3.64. The van der Waals surface area contributed by atoms with Gasteiger partial charge in [0.1, 0.15) is 12.1 Å². The zero-order valence-corrected chi connectivity index (χ0v) is 19.4. The van der Waals surface area contributed by atoms with E-state index in [1.165, 1.54) is 46.0 Å². The Bertz CT molecular complexity index is 1190. The smallest absolute Gasteiger partial charge is 0.317 e. The molecule has 2 fully saturated rings. The second-order valence-electron chi connectivity index (χ2n) is 8.87. The molecule has 4 amide bonds. The SMILES string of the molecule is CNC(=O)N1CCC2(C1)C(=O)N(c1ccc(C#N)cc1)CC(=O)N2Cc1ccc(C(C)(F)F)cc1. The summed E-state index contributed by atoms with van der Waals surface area (Å²) < 4.78 is 27.3. The summed E-state index contributed by atoms with van der Waals surface area (Å²) in [6, 6.07) is 13.7. The third kappa shape index (κ3) is 4.41. The van der Waals surface area contributed by atoms with Crippen LogP contribution in [-0.2, 0) is 22.1 Å². The minimum Gasteiger partial charge on any atom is -0.341 e. The minimum atomic E-state index is -2.99. The fourth-order valence-corrected chi connectivity index (χ4v) is 4.67. The van der Waals surface area contributed by atoms with Crippen LogP contribution in [0.3, 0.4) is 0 Å². The van der Waals surface area contributed by atoms with Gasteiger partial charge in [-0.1, -0.05) is 24.3 Å². The summed E-state index contributed by atoms with van der Waals surface area (Å²) in [5, 5.41) is 11.6. The van der Waals surface area contributed by atoms with Crippen LogP contribution in [0.15, 0.2) is 48.5 Å². The van der Waals surface area contributed by atoms with E-state index < -0.39 is 11.5 Å². The maximum absolute atomic E-state index is 13.9. The molecule has 2 aromatic rings. The molecule has 0 radical (unpaired) electrons. The third-order valence-electron chi connectivity index (χ3n) is 6.61. The molecule has 4 rings (SSSR count). The van der Waals surface area contributed by atoms with Crippen LogP contribution in [-0.4, -0.2) is 59.9 Å². The van der Waals surface area contributed by atoms with E-state index in [4.69, 9.17) is 5.26 Å². The summed E-state index contributed by atoms with van der Waals surface area (Å²) >= 11 is 0. The minimum absolute atomic E-state index is 0.00907. The number of nitrogens with one attached hydrogen (secondary N) is 1. The highest BCUT2D eigenvalue weighted by Gasteiger charge is 2.56. The first-order chi connectivity index (χ1) is 16.6. The molecule has 2 aliphatic heterocycles. The Morgan fingerprint density at radius 3 is 2.37 bits per heavy atom. The average Bonchev–Trinajstić information content (AvgIpc) is 3.30. The molecule has 1 atom stereocenters. The van der Waals surface area contributed by atoms with Crippen LogP contribution >= 0.6 is 0 Å². The quantitative estimate of drug-likeness (QED) is 0.726. The number of amides is 4. The number of likely N-dealkylation sites (tertiary alicyclic amines) is 1. The molecule has 2 saturated heterocycles. The summed E-state index contributed by atoms with van der Waals surface area (Å²) in [6.07, 6.45) is 0.239. The monoisotopic (exact) mass is 481 g/mol. The van der Waals surface area contributed by atoms with Gasteiger partial charge in [-0.2, -0.15) is 5.26 Å². The molecular formula is C25H25F2N5O3. The van der Waals surface area contributed by atoms with E-state index in [2.05, 4.69) is 5.32 Å². The number of nitriles is 1. The van der Waals surface area contributed by atoms with Gasteiger partial charge in [0.15, 0.2) is 0 Å². The number of rotatable bonds is 4. The Hall–Kier alpha value is -4.00. The first-order valence-corrected chi connectivity index (χ1v) is 11.2. The van der Waals surface area contributed by atoms with E-state index >= 15 is 0 Å². The number of hydrogen-bond acceptors (Lipinski definition) is 4. The van der Waals surface area contributed by atoms with Crippen LogP contribution in [0.2, 0.25) is 0 Å². The number of piperazine rings is 1. The lowest BCUT2D eigenvalue weighted by Crippen LogP contribution is -2.69. The van der Waals surface area contributed by atoms with Gasteiger partial charge in [0.25, 0.3) is 11.8 Å². The van der Waals surface area contributed by atoms with Gasteiger partial charge in [-0.15, -0.1) is 0 Å². The zero-order chi connectivity index (χ0) is 25.4. The summed E-state index contributed by atoms with van der Waals surface area (Å²) in [6.45, 7) is 0.931. The number of carbonyl (C=O) groups excluding carboxylic acids is 3. The number of halogens is 2. The van der Waals surface area contributed by atoms with Crippen LogP contribution in [0, 0.1) is 11.3 Å². The second kappa shape index (κ2) is 8.98. The van der Waals surface area contributed by atoms with Crippen LogP contribution in [0.4, 0.5) is 19.3 Å². The molecule has 0 saturated carbocycles. The molecule has 182 valence electrons. The van der Waals surface area contributed by atoms with Crippen molar-refractivity contribution in [3.63, 3.8) is 0 Å². The predicted octanol–water partition coefficient (Wildman–Crippen LogP) is 2.83. The van der Waals surface area contributed by atoms with E-state index in [9.17, 15) is 23.2 Å². The summed E-state index contributed by atoms with van der Waals surface area (Å²) in [5.41, 5.74) is 0.0608. The first kappa shape index (κ1) is 24.1. The lowest BCUT2D eigenvalue weighted by molar-refractivity contribution is -0.151. The molecule has 10 heteroatoms. The van der Waals surface area contributed by atoms with Gasteiger partial charge in [0.2, 0.25) is 5.91 Å². The van der Waals surface area contributed by atoms with Gasteiger partial charge in [0, 0.05) is 38.3 Å². The maximum atomic E-state index is 13.9. The molecule has 0 aromatic heterocycles. The number of benzene rings is 2. The lowest BCUT2D eigenvalue weighted by Gasteiger charge is -2.47. The molecule has 0 aliphatic carbocycles. The van der Waals surface area contributed by atoms with Crippen LogP contribution < -0.4 is 10.2 Å². The van der Waals surface area contributed by atoms with E-state index in [1.54, 1.807) is 24.3 Å². The Balaban J connectivity index is 1.69. The molecule has 1 N–H and O–H groups in total. The van der Waals surface area contributed by atoms with Crippen molar-refractivity contribution < 1.29 is 23.2 Å². The molecule has 1 spiro atoms. The van der Waals surface area contributed by atoms with Crippen molar-refractivity contribution in [3.05, 3.63) is 65.2 Å². The Morgan fingerprint density at radius 2 is 1.80 bits per heavy atom. The van der Waals surface area contributed by atoms with Gasteiger partial charge in [0.05, 0.1) is 18.2 Å². The molecule has 2 aliphatic rings. The van der Waals surface area contributed by atoms with Crippen molar-refractivity contribution in [2.45, 2.75) is 31.4 Å². The molecule has 1 unspecified atom stereocenters. The third-order valence-corrected chi connectivity index (χ3v) is 6.61. The van der Waals surface area contributed by atoms with Crippen molar-refractivity contribution in [1.29, 1.82) is 5.26 Å². The van der Waals surface area contributed by atoms with E-state index in [-0.39, 0.29) is 56.0 Å². The number of carbonyl (C=O) groups is 3. The fourth-order valence-electron chi connectivity index (χ4n) is 4.67.